The SMILES string of the molecule is CC(NC(=O)c1ccc2c(c1)N(C(=O)CN[C@H]1CCCC[C@H]1CO)CC(=O)N2C1CC1)c1cccnc1. The Morgan fingerprint density at radius 1 is 1.14 bits per heavy atom. The van der Waals surface area contributed by atoms with Crippen LogP contribution in [-0.2, 0) is 9.59 Å². The van der Waals surface area contributed by atoms with Gasteiger partial charge in [-0.3, -0.25) is 24.3 Å². The van der Waals surface area contributed by atoms with Gasteiger partial charge in [-0.05, 0) is 68.4 Å². The van der Waals surface area contributed by atoms with Gasteiger partial charge in [-0.2, -0.15) is 0 Å². The summed E-state index contributed by atoms with van der Waals surface area (Å²) in [4.78, 5) is 47.0. The smallest absolute Gasteiger partial charge is 0.251 e. The van der Waals surface area contributed by atoms with Crippen LogP contribution >= 0.6 is 0 Å². The summed E-state index contributed by atoms with van der Waals surface area (Å²) in [5.41, 5.74) is 2.58. The fourth-order valence-corrected chi connectivity index (χ4v) is 5.48. The molecule has 0 saturated heterocycles. The molecule has 37 heavy (non-hydrogen) atoms. The molecule has 1 aliphatic heterocycles. The van der Waals surface area contributed by atoms with E-state index in [1.807, 2.05) is 19.1 Å². The molecule has 1 aromatic heterocycles. The van der Waals surface area contributed by atoms with E-state index in [0.29, 0.717) is 16.9 Å². The van der Waals surface area contributed by atoms with Crippen molar-refractivity contribution in [2.45, 2.75) is 63.6 Å². The Morgan fingerprint density at radius 3 is 2.68 bits per heavy atom. The van der Waals surface area contributed by atoms with E-state index in [0.717, 1.165) is 44.1 Å². The van der Waals surface area contributed by atoms with Crippen molar-refractivity contribution < 1.29 is 19.5 Å². The van der Waals surface area contributed by atoms with Gasteiger partial charge in [0.1, 0.15) is 6.54 Å². The van der Waals surface area contributed by atoms with Gasteiger partial charge in [-0.1, -0.05) is 18.9 Å². The predicted molar refractivity (Wildman–Crippen MR) is 140 cm³/mol. The Hall–Kier alpha value is -3.30. The number of aromatic nitrogens is 1. The summed E-state index contributed by atoms with van der Waals surface area (Å²) in [7, 11) is 0. The molecule has 2 fully saturated rings. The van der Waals surface area contributed by atoms with Crippen molar-refractivity contribution in [3.63, 3.8) is 0 Å². The average molecular weight is 506 g/mol. The van der Waals surface area contributed by atoms with Crippen molar-refractivity contribution in [2.75, 3.05) is 29.5 Å². The number of carbonyl (C=O) groups excluding carboxylic acids is 3. The molecule has 196 valence electrons. The zero-order valence-corrected chi connectivity index (χ0v) is 21.2. The first kappa shape index (κ1) is 25.4. The summed E-state index contributed by atoms with van der Waals surface area (Å²) in [5.74, 6) is -0.433. The normalized spacial score (nSPS) is 22.4. The number of hydrogen-bond donors (Lipinski definition) is 3. The van der Waals surface area contributed by atoms with Crippen LogP contribution in [0.5, 0.6) is 0 Å². The van der Waals surface area contributed by atoms with Crippen molar-refractivity contribution in [2.24, 2.45) is 5.92 Å². The minimum Gasteiger partial charge on any atom is -0.396 e. The van der Waals surface area contributed by atoms with Crippen LogP contribution < -0.4 is 20.4 Å². The molecule has 5 rings (SSSR count). The quantitative estimate of drug-likeness (QED) is 0.508. The van der Waals surface area contributed by atoms with Crippen LogP contribution in [0.1, 0.15) is 67.4 Å². The lowest BCUT2D eigenvalue weighted by Gasteiger charge is -2.37. The number of pyridine rings is 1. The Labute approximate surface area is 217 Å². The number of fused-ring (bicyclic) bond motifs is 1. The van der Waals surface area contributed by atoms with E-state index in [4.69, 9.17) is 0 Å². The zero-order chi connectivity index (χ0) is 25.9. The molecular formula is C28H35N5O4. The van der Waals surface area contributed by atoms with Crippen LogP contribution in [0, 0.1) is 5.92 Å². The molecule has 2 heterocycles. The van der Waals surface area contributed by atoms with E-state index in [9.17, 15) is 19.5 Å². The van der Waals surface area contributed by atoms with Crippen LogP contribution in [0.15, 0.2) is 42.7 Å². The number of hydrogen-bond acceptors (Lipinski definition) is 6. The summed E-state index contributed by atoms with van der Waals surface area (Å²) < 4.78 is 0. The standard InChI is InChI=1S/C28H35N5O4/c1-18(20-6-4-12-29-14-20)31-28(37)19-8-11-24-25(13-19)32(16-27(36)33(24)22-9-10-22)26(35)15-30-23-7-3-2-5-21(23)17-34/h4,6,8,11-14,18,21-23,30,34H,2-3,5,7,9-10,15-17H2,1H3,(H,31,37)/t18?,21-,23-/m0/s1. The first-order valence-corrected chi connectivity index (χ1v) is 13.3. The lowest BCUT2D eigenvalue weighted by Crippen LogP contribution is -2.52. The van der Waals surface area contributed by atoms with Crippen LogP contribution in [0.4, 0.5) is 11.4 Å². The second kappa shape index (κ2) is 11.0. The number of carbonyl (C=O) groups is 3. The number of aliphatic hydroxyl groups excluding tert-OH is 1. The third kappa shape index (κ3) is 5.52. The Bertz CT molecular complexity index is 1150. The Morgan fingerprint density at radius 2 is 1.95 bits per heavy atom. The van der Waals surface area contributed by atoms with E-state index in [1.165, 1.54) is 4.90 Å². The highest BCUT2D eigenvalue weighted by molar-refractivity contribution is 6.13. The van der Waals surface area contributed by atoms with E-state index in [1.54, 1.807) is 35.5 Å². The fraction of sp³-hybridized carbons (Fsp3) is 0.500. The summed E-state index contributed by atoms with van der Waals surface area (Å²) in [6.07, 6.45) is 9.31. The van der Waals surface area contributed by atoms with E-state index in [-0.39, 0.29) is 61.5 Å². The number of anilines is 2. The molecule has 2 aromatic rings. The lowest BCUT2D eigenvalue weighted by molar-refractivity contribution is -0.122. The van der Waals surface area contributed by atoms with Gasteiger partial charge in [0.2, 0.25) is 11.8 Å². The van der Waals surface area contributed by atoms with Crippen LogP contribution in [0.2, 0.25) is 0 Å². The molecule has 0 bridgehead atoms. The number of amides is 3. The molecule has 3 amide bonds. The number of aliphatic hydroxyl groups is 1. The number of rotatable bonds is 8. The molecule has 2 aliphatic carbocycles. The van der Waals surface area contributed by atoms with Gasteiger partial charge in [0.05, 0.1) is 24.0 Å². The molecule has 3 N–H and O–H groups in total. The first-order valence-electron chi connectivity index (χ1n) is 13.3. The van der Waals surface area contributed by atoms with Crippen molar-refractivity contribution in [3.05, 3.63) is 53.9 Å². The molecule has 1 unspecified atom stereocenters. The topological polar surface area (TPSA) is 115 Å². The average Bonchev–Trinajstić information content (AvgIpc) is 3.76. The minimum atomic E-state index is -0.257. The maximum Gasteiger partial charge on any atom is 0.251 e. The fourth-order valence-electron chi connectivity index (χ4n) is 5.48. The lowest BCUT2D eigenvalue weighted by atomic mass is 9.85. The van der Waals surface area contributed by atoms with E-state index in [2.05, 4.69) is 15.6 Å². The van der Waals surface area contributed by atoms with E-state index < -0.39 is 0 Å². The van der Waals surface area contributed by atoms with Crippen molar-refractivity contribution in [1.29, 1.82) is 0 Å². The molecular weight excluding hydrogens is 470 g/mol. The largest absolute Gasteiger partial charge is 0.396 e. The first-order chi connectivity index (χ1) is 18.0. The maximum atomic E-state index is 13.4. The Balaban J connectivity index is 1.36. The molecule has 3 aliphatic rings. The van der Waals surface area contributed by atoms with Gasteiger partial charge < -0.3 is 20.6 Å². The highest BCUT2D eigenvalue weighted by atomic mass is 16.3. The minimum absolute atomic E-state index is 0.0464. The van der Waals surface area contributed by atoms with Gasteiger partial charge in [0.25, 0.3) is 5.91 Å². The van der Waals surface area contributed by atoms with Crippen molar-refractivity contribution in [3.8, 4) is 0 Å². The maximum absolute atomic E-state index is 13.4. The van der Waals surface area contributed by atoms with Crippen LogP contribution in [0.25, 0.3) is 0 Å². The predicted octanol–water partition coefficient (Wildman–Crippen LogP) is 2.56. The van der Waals surface area contributed by atoms with Crippen molar-refractivity contribution >= 4 is 29.1 Å². The number of nitrogens with zero attached hydrogens (tertiary/aromatic N) is 3. The van der Waals surface area contributed by atoms with Crippen molar-refractivity contribution in [1.82, 2.24) is 15.6 Å². The van der Waals surface area contributed by atoms with Gasteiger partial charge in [-0.15, -0.1) is 0 Å². The monoisotopic (exact) mass is 505 g/mol. The zero-order valence-electron chi connectivity index (χ0n) is 21.2. The van der Waals surface area contributed by atoms with Gasteiger partial charge >= 0.3 is 0 Å². The third-order valence-electron chi connectivity index (χ3n) is 7.75. The second-order valence-electron chi connectivity index (χ2n) is 10.4. The third-order valence-corrected chi connectivity index (χ3v) is 7.75. The highest BCUT2D eigenvalue weighted by Gasteiger charge is 2.41. The second-order valence-corrected chi connectivity index (χ2v) is 10.4. The number of nitrogens with one attached hydrogen (secondary N) is 2. The van der Waals surface area contributed by atoms with Gasteiger partial charge in [-0.25, -0.2) is 0 Å². The molecule has 1 aromatic carbocycles. The van der Waals surface area contributed by atoms with Crippen LogP contribution in [0.3, 0.4) is 0 Å². The summed E-state index contributed by atoms with van der Waals surface area (Å²) in [6.45, 7) is 2.03. The van der Waals surface area contributed by atoms with Crippen LogP contribution in [-0.4, -0.2) is 59.6 Å². The van der Waals surface area contributed by atoms with E-state index >= 15 is 0 Å². The molecule has 3 atom stereocenters. The summed E-state index contributed by atoms with van der Waals surface area (Å²) in [5, 5.41) is 16.0. The molecule has 0 spiro atoms. The molecule has 2 saturated carbocycles. The van der Waals surface area contributed by atoms with Gasteiger partial charge in [0, 0.05) is 36.6 Å². The summed E-state index contributed by atoms with van der Waals surface area (Å²) in [6, 6.07) is 8.95. The van der Waals surface area contributed by atoms with Gasteiger partial charge in [0.15, 0.2) is 0 Å². The summed E-state index contributed by atoms with van der Waals surface area (Å²) >= 11 is 0. The highest BCUT2D eigenvalue weighted by Crippen LogP contribution is 2.41. The molecule has 0 radical (unpaired) electrons. The number of benzene rings is 1. The molecule has 9 nitrogen and oxygen atoms in total. The Kier molecular flexibility index (Phi) is 7.53. The molecule has 9 heteroatoms.